The summed E-state index contributed by atoms with van der Waals surface area (Å²) in [6.07, 6.45) is -5.84. The Morgan fingerprint density at radius 2 is 1.87 bits per heavy atom. The molecule has 14 heteroatoms. The van der Waals surface area contributed by atoms with E-state index in [1.165, 1.54) is 7.11 Å². The number of fused-ring (bicyclic) bond motifs is 1. The highest BCUT2D eigenvalue weighted by Crippen LogP contribution is 2.41. The molecule has 39 heavy (non-hydrogen) atoms. The second-order valence-corrected chi connectivity index (χ2v) is 9.53. The lowest BCUT2D eigenvalue weighted by atomic mass is 10.0. The van der Waals surface area contributed by atoms with Gasteiger partial charge in [-0.1, -0.05) is 65.0 Å². The summed E-state index contributed by atoms with van der Waals surface area (Å²) in [6.45, 7) is 1.99. The molecule has 0 unspecified atom stereocenters. The number of carbonyl (C=O) groups excluding carboxylic acids is 1. The fourth-order valence-corrected chi connectivity index (χ4v) is 4.81. The number of benzodiazepines with no additional fused rings is 1. The Balaban J connectivity index is 1.47. The first-order valence-electron chi connectivity index (χ1n) is 11.7. The van der Waals surface area contributed by atoms with Gasteiger partial charge in [-0.2, -0.15) is 13.2 Å². The Morgan fingerprint density at radius 3 is 2.62 bits per heavy atom. The van der Waals surface area contributed by atoms with Crippen LogP contribution in [0.15, 0.2) is 64.0 Å². The van der Waals surface area contributed by atoms with Crippen LogP contribution in [0, 0.1) is 0 Å². The van der Waals surface area contributed by atoms with Crippen LogP contribution in [0.4, 0.5) is 29.9 Å². The van der Waals surface area contributed by atoms with Crippen LogP contribution in [-0.4, -0.2) is 52.7 Å². The van der Waals surface area contributed by atoms with Gasteiger partial charge in [0.25, 0.3) is 11.8 Å². The molecule has 0 saturated carbocycles. The Labute approximate surface area is 224 Å². The van der Waals surface area contributed by atoms with Crippen LogP contribution in [0.1, 0.15) is 23.1 Å². The average Bonchev–Trinajstić information content (AvgIpc) is 3.51. The van der Waals surface area contributed by atoms with Gasteiger partial charge in [0.05, 0.1) is 18.0 Å². The number of anilines is 3. The molecule has 5 rings (SSSR count). The van der Waals surface area contributed by atoms with Crippen molar-refractivity contribution >= 4 is 39.7 Å². The number of nitrogens with one attached hydrogen (secondary N) is 3. The smallest absolute Gasteiger partial charge is 0.402 e. The number of aliphatic imine (C=N–C) groups is 1. The maximum Gasteiger partial charge on any atom is 0.443 e. The average molecular weight is 558 g/mol. The molecule has 2 aromatic heterocycles. The molecule has 1 amide bonds. The van der Waals surface area contributed by atoms with Crippen molar-refractivity contribution in [3.8, 4) is 11.6 Å². The normalized spacial score (nSPS) is 16.1. The van der Waals surface area contributed by atoms with Gasteiger partial charge < -0.3 is 25.1 Å². The zero-order valence-corrected chi connectivity index (χ0v) is 21.4. The Morgan fingerprint density at radius 1 is 1.13 bits per heavy atom. The predicted molar refractivity (Wildman–Crippen MR) is 140 cm³/mol. The Bertz CT molecular complexity index is 1500. The monoisotopic (exact) mass is 557 g/mol. The van der Waals surface area contributed by atoms with Crippen molar-refractivity contribution < 1.29 is 27.1 Å². The maximum atomic E-state index is 13.4. The molecule has 1 aliphatic heterocycles. The highest BCUT2D eigenvalue weighted by atomic mass is 32.1. The van der Waals surface area contributed by atoms with Gasteiger partial charge in [0, 0.05) is 24.3 Å². The number of benzene rings is 2. The molecule has 1 aliphatic rings. The van der Waals surface area contributed by atoms with Crippen LogP contribution in [0.25, 0.3) is 11.6 Å². The van der Waals surface area contributed by atoms with Gasteiger partial charge in [-0.15, -0.1) is 5.10 Å². The minimum Gasteiger partial charge on any atom is -0.402 e. The number of rotatable bonds is 8. The van der Waals surface area contributed by atoms with Gasteiger partial charge in [0.2, 0.25) is 11.2 Å². The second kappa shape index (κ2) is 10.8. The molecular formula is C25H22F3N7O3S. The van der Waals surface area contributed by atoms with E-state index in [2.05, 4.69) is 36.1 Å². The Kier molecular flexibility index (Phi) is 7.30. The minimum atomic E-state index is -4.67. The zero-order chi connectivity index (χ0) is 27.6. The number of hydrogen-bond donors (Lipinski definition) is 3. The van der Waals surface area contributed by atoms with Crippen LogP contribution < -0.4 is 16.0 Å². The SMILES string of the molecule is COC[C@@H](C)Nc1sc(C(F)(F)F)nc1-c1nnc(N[C@H]2N=C(c3ccccc3)c3ccccc3NC2=O)o1. The van der Waals surface area contributed by atoms with Crippen LogP contribution in [-0.2, 0) is 15.7 Å². The topological polar surface area (TPSA) is 127 Å². The molecule has 2 aromatic carbocycles. The van der Waals surface area contributed by atoms with Crippen molar-refractivity contribution in [3.05, 3.63) is 70.7 Å². The molecule has 0 radical (unpaired) electrons. The van der Waals surface area contributed by atoms with Crippen molar-refractivity contribution in [1.29, 1.82) is 0 Å². The summed E-state index contributed by atoms with van der Waals surface area (Å²) in [5.41, 5.74) is 2.46. The van der Waals surface area contributed by atoms with E-state index in [0.29, 0.717) is 22.7 Å². The predicted octanol–water partition coefficient (Wildman–Crippen LogP) is 4.89. The highest BCUT2D eigenvalue weighted by Gasteiger charge is 2.37. The first-order valence-corrected chi connectivity index (χ1v) is 12.5. The second-order valence-electron chi connectivity index (χ2n) is 8.53. The van der Waals surface area contributed by atoms with Crippen LogP contribution in [0.3, 0.4) is 0 Å². The lowest BCUT2D eigenvalue weighted by Crippen LogP contribution is -2.32. The van der Waals surface area contributed by atoms with Gasteiger partial charge in [0.15, 0.2) is 5.69 Å². The van der Waals surface area contributed by atoms with Gasteiger partial charge in [0.1, 0.15) is 5.00 Å². The van der Waals surface area contributed by atoms with E-state index in [4.69, 9.17) is 9.15 Å². The summed E-state index contributed by atoms with van der Waals surface area (Å²) in [7, 11) is 1.48. The number of halogens is 3. The first kappa shape index (κ1) is 26.3. The van der Waals surface area contributed by atoms with Gasteiger partial charge >= 0.3 is 12.2 Å². The lowest BCUT2D eigenvalue weighted by molar-refractivity contribution is -0.137. The van der Waals surface area contributed by atoms with Crippen molar-refractivity contribution in [2.75, 3.05) is 29.7 Å². The Hall–Kier alpha value is -4.30. The quantitative estimate of drug-likeness (QED) is 0.280. The van der Waals surface area contributed by atoms with E-state index in [-0.39, 0.29) is 35.2 Å². The van der Waals surface area contributed by atoms with E-state index in [1.807, 2.05) is 42.5 Å². The van der Waals surface area contributed by atoms with E-state index < -0.39 is 23.3 Å². The summed E-state index contributed by atoms with van der Waals surface area (Å²) < 4.78 is 50.9. The molecule has 2 atom stereocenters. The molecule has 202 valence electrons. The van der Waals surface area contributed by atoms with Crippen LogP contribution in [0.5, 0.6) is 0 Å². The third-order valence-corrected chi connectivity index (χ3v) is 6.58. The number of hydrogen-bond acceptors (Lipinski definition) is 10. The lowest BCUT2D eigenvalue weighted by Gasteiger charge is -2.12. The number of para-hydroxylation sites is 1. The van der Waals surface area contributed by atoms with Crippen molar-refractivity contribution in [2.45, 2.75) is 25.3 Å². The number of alkyl halides is 3. The molecule has 3 heterocycles. The minimum absolute atomic E-state index is 0.0918. The highest BCUT2D eigenvalue weighted by molar-refractivity contribution is 7.16. The number of ether oxygens (including phenoxy) is 1. The fourth-order valence-electron chi connectivity index (χ4n) is 3.87. The molecule has 4 aromatic rings. The van der Waals surface area contributed by atoms with Crippen LogP contribution >= 0.6 is 11.3 Å². The molecule has 0 saturated heterocycles. The van der Waals surface area contributed by atoms with Crippen molar-refractivity contribution in [3.63, 3.8) is 0 Å². The molecule has 0 bridgehead atoms. The third-order valence-electron chi connectivity index (χ3n) is 5.55. The summed E-state index contributed by atoms with van der Waals surface area (Å²) in [4.78, 5) is 21.4. The van der Waals surface area contributed by atoms with E-state index in [9.17, 15) is 18.0 Å². The van der Waals surface area contributed by atoms with E-state index in [0.717, 1.165) is 11.1 Å². The molecule has 0 spiro atoms. The van der Waals surface area contributed by atoms with Crippen LogP contribution in [0.2, 0.25) is 0 Å². The summed E-state index contributed by atoms with van der Waals surface area (Å²) in [5.74, 6) is -0.752. The van der Waals surface area contributed by atoms with Gasteiger partial charge in [-0.3, -0.25) is 4.79 Å². The standard InChI is InChI=1S/C25H22F3N7O3S/c1-13(12-37-2)29-22-18(32-23(39-22)25(26,27)28)21-34-35-24(38-21)33-19-20(36)30-16-11-7-6-10-15(16)17(31-19)14-8-4-3-5-9-14/h3-11,13,19,29H,12H2,1-2H3,(H,30,36)(H,33,35)/t13-,19-/m1/s1. The number of aromatic nitrogens is 3. The third kappa shape index (κ3) is 5.76. The van der Waals surface area contributed by atoms with Gasteiger partial charge in [-0.05, 0) is 13.0 Å². The summed E-state index contributed by atoms with van der Waals surface area (Å²) in [6, 6.07) is 16.0. The molecule has 10 nitrogen and oxygen atoms in total. The first-order chi connectivity index (χ1) is 18.7. The fraction of sp³-hybridized carbons (Fsp3) is 0.240. The number of amides is 1. The van der Waals surface area contributed by atoms with Crippen molar-refractivity contribution in [1.82, 2.24) is 15.2 Å². The largest absolute Gasteiger partial charge is 0.443 e. The number of thiazole rings is 1. The van der Waals surface area contributed by atoms with E-state index >= 15 is 0 Å². The van der Waals surface area contributed by atoms with Gasteiger partial charge in [-0.25, -0.2) is 9.98 Å². The van der Waals surface area contributed by atoms with Crippen molar-refractivity contribution in [2.24, 2.45) is 4.99 Å². The molecule has 3 N–H and O–H groups in total. The summed E-state index contributed by atoms with van der Waals surface area (Å²) >= 11 is 0.417. The number of carbonyl (C=O) groups is 1. The summed E-state index contributed by atoms with van der Waals surface area (Å²) in [5, 5.41) is 15.3. The van der Waals surface area contributed by atoms with E-state index in [1.54, 1.807) is 19.1 Å². The molecular weight excluding hydrogens is 535 g/mol. The zero-order valence-electron chi connectivity index (χ0n) is 20.6. The molecule has 0 fully saturated rings. The number of nitrogens with zero attached hydrogens (tertiary/aromatic N) is 4. The number of methoxy groups -OCH3 is 1. The molecule has 0 aliphatic carbocycles. The maximum absolute atomic E-state index is 13.4.